The first kappa shape index (κ1) is 13.0. The molecule has 2 aromatic rings. The Kier molecular flexibility index (Phi) is 3.71. The van der Waals surface area contributed by atoms with Gasteiger partial charge in [0, 0.05) is 23.4 Å². The summed E-state index contributed by atoms with van der Waals surface area (Å²) in [5.74, 6) is -1.19. The van der Waals surface area contributed by atoms with Crippen LogP contribution in [0.4, 0.5) is 5.69 Å². The molecule has 0 fully saturated rings. The molecular weight excluding hydrogens is 270 g/mol. The van der Waals surface area contributed by atoms with Crippen molar-refractivity contribution in [1.82, 2.24) is 9.97 Å². The molecule has 1 N–H and O–H groups in total. The number of carbonyl (C=O) groups is 1. The van der Waals surface area contributed by atoms with Gasteiger partial charge in [-0.05, 0) is 18.2 Å². The zero-order valence-electron chi connectivity index (χ0n) is 9.39. The average Bonchev–Trinajstić information content (AvgIpc) is 2.39. The van der Waals surface area contributed by atoms with Crippen LogP contribution >= 0.6 is 11.8 Å². The van der Waals surface area contributed by atoms with Gasteiger partial charge in [-0.15, -0.1) is 0 Å². The minimum Gasteiger partial charge on any atom is -0.476 e. The third-order valence-corrected chi connectivity index (χ3v) is 3.18. The first-order chi connectivity index (χ1) is 9.09. The van der Waals surface area contributed by atoms with Crippen molar-refractivity contribution in [3.05, 3.63) is 52.5 Å². The lowest BCUT2D eigenvalue weighted by Crippen LogP contribution is -2.02. The number of nitrogens with zero attached hydrogens (tertiary/aromatic N) is 3. The Morgan fingerprint density at radius 1 is 1.26 bits per heavy atom. The van der Waals surface area contributed by atoms with Gasteiger partial charge in [-0.2, -0.15) is 0 Å². The molecule has 0 saturated carbocycles. The molecule has 0 aliphatic carbocycles. The van der Waals surface area contributed by atoms with Crippen molar-refractivity contribution >= 4 is 23.4 Å². The summed E-state index contributed by atoms with van der Waals surface area (Å²) in [6.07, 6.45) is 2.76. The second-order valence-corrected chi connectivity index (χ2v) is 4.37. The number of aromatic nitrogens is 2. The van der Waals surface area contributed by atoms with Crippen LogP contribution in [0.2, 0.25) is 0 Å². The summed E-state index contributed by atoms with van der Waals surface area (Å²) in [7, 11) is 0. The number of pyridine rings is 2. The van der Waals surface area contributed by atoms with Crippen LogP contribution in [0.25, 0.3) is 0 Å². The molecule has 0 aliphatic rings. The fraction of sp³-hybridized carbons (Fsp3) is 0. The van der Waals surface area contributed by atoms with Crippen LogP contribution in [0.1, 0.15) is 10.5 Å². The molecular formula is C11H7N3O4S. The van der Waals surface area contributed by atoms with Crippen molar-refractivity contribution in [2.45, 2.75) is 9.92 Å². The first-order valence-corrected chi connectivity index (χ1v) is 5.87. The quantitative estimate of drug-likeness (QED) is 0.674. The Morgan fingerprint density at radius 3 is 2.63 bits per heavy atom. The Morgan fingerprint density at radius 2 is 1.95 bits per heavy atom. The first-order valence-electron chi connectivity index (χ1n) is 5.05. The maximum atomic E-state index is 11.0. The van der Waals surface area contributed by atoms with E-state index in [1.165, 1.54) is 30.6 Å². The third-order valence-electron chi connectivity index (χ3n) is 2.13. The van der Waals surface area contributed by atoms with Gasteiger partial charge in [-0.1, -0.05) is 11.8 Å². The molecule has 2 aromatic heterocycles. The summed E-state index contributed by atoms with van der Waals surface area (Å²) in [6, 6.07) is 5.85. The highest BCUT2D eigenvalue weighted by Gasteiger charge is 2.19. The molecule has 2 heterocycles. The average molecular weight is 277 g/mol. The zero-order chi connectivity index (χ0) is 13.8. The highest BCUT2D eigenvalue weighted by molar-refractivity contribution is 7.99. The number of carboxylic acid groups (broad SMARTS) is 1. The highest BCUT2D eigenvalue weighted by Crippen LogP contribution is 2.33. The van der Waals surface area contributed by atoms with Crippen molar-refractivity contribution in [1.29, 1.82) is 0 Å². The SMILES string of the molecule is O=C(O)c1ncccc1Sc1ncccc1[N+](=O)[O-]. The summed E-state index contributed by atoms with van der Waals surface area (Å²) in [4.78, 5) is 29.2. The van der Waals surface area contributed by atoms with E-state index in [-0.39, 0.29) is 16.4 Å². The van der Waals surface area contributed by atoms with Crippen LogP contribution in [0.15, 0.2) is 46.6 Å². The van der Waals surface area contributed by atoms with E-state index in [0.29, 0.717) is 4.90 Å². The molecule has 0 aromatic carbocycles. The van der Waals surface area contributed by atoms with E-state index in [2.05, 4.69) is 9.97 Å². The molecule has 0 bridgehead atoms. The molecule has 0 atom stereocenters. The Labute approximate surface area is 111 Å². The van der Waals surface area contributed by atoms with Gasteiger partial charge in [-0.25, -0.2) is 14.8 Å². The van der Waals surface area contributed by atoms with E-state index >= 15 is 0 Å². The lowest BCUT2D eigenvalue weighted by molar-refractivity contribution is -0.388. The molecule has 0 saturated heterocycles. The minimum atomic E-state index is -1.19. The lowest BCUT2D eigenvalue weighted by atomic mass is 10.3. The number of nitro groups is 1. The number of rotatable bonds is 4. The predicted molar refractivity (Wildman–Crippen MR) is 66.2 cm³/mol. The molecule has 0 spiro atoms. The highest BCUT2D eigenvalue weighted by atomic mass is 32.2. The molecule has 0 aliphatic heterocycles. The van der Waals surface area contributed by atoms with E-state index in [0.717, 1.165) is 11.8 Å². The van der Waals surface area contributed by atoms with E-state index in [4.69, 9.17) is 5.11 Å². The van der Waals surface area contributed by atoms with Gasteiger partial charge in [0.05, 0.1) is 4.92 Å². The summed E-state index contributed by atoms with van der Waals surface area (Å²) < 4.78 is 0. The topological polar surface area (TPSA) is 106 Å². The predicted octanol–water partition coefficient (Wildman–Crippen LogP) is 2.23. The summed E-state index contributed by atoms with van der Waals surface area (Å²) in [5.41, 5.74) is -0.333. The zero-order valence-corrected chi connectivity index (χ0v) is 10.2. The number of carboxylic acids is 1. The standard InChI is InChI=1S/C11H7N3O4S/c15-11(16)9-8(4-2-5-12-9)19-10-7(14(17)18)3-1-6-13-10/h1-6H,(H,15,16). The largest absolute Gasteiger partial charge is 0.476 e. The Balaban J connectivity index is 2.42. The Hall–Kier alpha value is -2.48. The van der Waals surface area contributed by atoms with Gasteiger partial charge in [-0.3, -0.25) is 10.1 Å². The lowest BCUT2D eigenvalue weighted by Gasteiger charge is -2.04. The fourth-order valence-corrected chi connectivity index (χ4v) is 2.29. The molecule has 0 radical (unpaired) electrons. The van der Waals surface area contributed by atoms with Gasteiger partial charge in [0.1, 0.15) is 0 Å². The maximum Gasteiger partial charge on any atom is 0.355 e. The molecule has 19 heavy (non-hydrogen) atoms. The maximum absolute atomic E-state index is 11.0. The van der Waals surface area contributed by atoms with E-state index in [1.807, 2.05) is 0 Å². The summed E-state index contributed by atoms with van der Waals surface area (Å²) in [6.45, 7) is 0. The van der Waals surface area contributed by atoms with E-state index in [9.17, 15) is 14.9 Å². The molecule has 0 unspecified atom stereocenters. The van der Waals surface area contributed by atoms with Crippen LogP contribution in [0.3, 0.4) is 0 Å². The van der Waals surface area contributed by atoms with Crippen molar-refractivity contribution in [3.8, 4) is 0 Å². The monoisotopic (exact) mass is 277 g/mol. The summed E-state index contributed by atoms with van der Waals surface area (Å²) in [5, 5.41) is 20.0. The summed E-state index contributed by atoms with van der Waals surface area (Å²) >= 11 is 0.901. The second-order valence-electron chi connectivity index (χ2n) is 3.34. The van der Waals surface area contributed by atoms with Crippen LogP contribution in [-0.2, 0) is 0 Å². The van der Waals surface area contributed by atoms with Crippen LogP contribution in [0, 0.1) is 10.1 Å². The molecule has 0 amide bonds. The smallest absolute Gasteiger partial charge is 0.355 e. The van der Waals surface area contributed by atoms with E-state index in [1.54, 1.807) is 6.07 Å². The van der Waals surface area contributed by atoms with Gasteiger partial charge in [0.25, 0.3) is 0 Å². The molecule has 7 nitrogen and oxygen atoms in total. The minimum absolute atomic E-state index is 0.128. The molecule has 2 rings (SSSR count). The normalized spacial score (nSPS) is 10.1. The van der Waals surface area contributed by atoms with Crippen molar-refractivity contribution < 1.29 is 14.8 Å². The second kappa shape index (κ2) is 5.44. The van der Waals surface area contributed by atoms with Crippen molar-refractivity contribution in [2.75, 3.05) is 0 Å². The van der Waals surface area contributed by atoms with E-state index < -0.39 is 10.9 Å². The van der Waals surface area contributed by atoms with Crippen molar-refractivity contribution in [2.24, 2.45) is 0 Å². The number of hydrogen-bond acceptors (Lipinski definition) is 6. The Bertz CT molecular complexity index is 592. The van der Waals surface area contributed by atoms with Gasteiger partial charge >= 0.3 is 11.7 Å². The molecule has 8 heteroatoms. The van der Waals surface area contributed by atoms with Crippen molar-refractivity contribution in [3.63, 3.8) is 0 Å². The van der Waals surface area contributed by atoms with Crippen LogP contribution < -0.4 is 0 Å². The van der Waals surface area contributed by atoms with Crippen LogP contribution in [0.5, 0.6) is 0 Å². The number of hydrogen-bond donors (Lipinski definition) is 1. The van der Waals surface area contributed by atoms with Gasteiger partial charge < -0.3 is 5.11 Å². The third kappa shape index (κ3) is 2.86. The van der Waals surface area contributed by atoms with Gasteiger partial charge in [0.2, 0.25) is 0 Å². The molecule has 96 valence electrons. The van der Waals surface area contributed by atoms with Crippen LogP contribution in [-0.4, -0.2) is 26.0 Å². The number of aromatic carboxylic acids is 1. The van der Waals surface area contributed by atoms with Gasteiger partial charge in [0.15, 0.2) is 10.7 Å². The fourth-order valence-electron chi connectivity index (χ4n) is 1.34.